The molecule has 0 saturated carbocycles. The van der Waals surface area contributed by atoms with Crippen molar-refractivity contribution in [2.75, 3.05) is 0 Å². The van der Waals surface area contributed by atoms with Crippen LogP contribution in [0.1, 0.15) is 49.5 Å². The number of hydrogen-bond acceptors (Lipinski definition) is 6. The van der Waals surface area contributed by atoms with Crippen molar-refractivity contribution >= 4 is 11.6 Å². The van der Waals surface area contributed by atoms with Crippen molar-refractivity contribution in [2.24, 2.45) is 0 Å². The average molecular weight is 437 g/mol. The number of furan rings is 1. The molecule has 0 saturated heterocycles. The van der Waals surface area contributed by atoms with Crippen molar-refractivity contribution < 1.29 is 4.42 Å². The number of aromatic nitrogens is 5. The average Bonchev–Trinajstić information content (AvgIpc) is 3.42. The molecule has 1 atom stereocenters. The van der Waals surface area contributed by atoms with Crippen LogP contribution in [0.3, 0.4) is 0 Å². The summed E-state index contributed by atoms with van der Waals surface area (Å²) < 4.78 is 7.56. The van der Waals surface area contributed by atoms with Crippen LogP contribution in [0, 0.1) is 0 Å². The molecule has 0 fully saturated rings. The van der Waals surface area contributed by atoms with Gasteiger partial charge in [-0.15, -0.1) is 5.10 Å². The zero-order valence-electron chi connectivity index (χ0n) is 17.8. The Labute approximate surface area is 186 Å². The number of benzene rings is 1. The molecule has 0 spiro atoms. The van der Waals surface area contributed by atoms with Crippen LogP contribution in [-0.2, 0) is 18.6 Å². The molecule has 1 aromatic carbocycles. The molecule has 0 N–H and O–H groups in total. The highest BCUT2D eigenvalue weighted by molar-refractivity contribution is 6.30. The first-order chi connectivity index (χ1) is 14.9. The van der Waals surface area contributed by atoms with Crippen molar-refractivity contribution in [1.29, 1.82) is 0 Å². The molecule has 0 amide bonds. The lowest BCUT2D eigenvalue weighted by Crippen LogP contribution is -2.34. The van der Waals surface area contributed by atoms with E-state index in [1.165, 1.54) is 0 Å². The van der Waals surface area contributed by atoms with E-state index in [2.05, 4.69) is 52.2 Å². The van der Waals surface area contributed by atoms with Gasteiger partial charge in [-0.2, -0.15) is 0 Å². The van der Waals surface area contributed by atoms with E-state index in [0.717, 1.165) is 22.7 Å². The molecule has 3 aromatic heterocycles. The van der Waals surface area contributed by atoms with Gasteiger partial charge in [-0.3, -0.25) is 9.88 Å². The van der Waals surface area contributed by atoms with Crippen molar-refractivity contribution in [3.8, 4) is 0 Å². The maximum atomic E-state index is 6.19. The van der Waals surface area contributed by atoms with Gasteiger partial charge < -0.3 is 4.42 Å². The van der Waals surface area contributed by atoms with Crippen molar-refractivity contribution in [3.05, 3.63) is 94.9 Å². The molecule has 0 bridgehead atoms. The van der Waals surface area contributed by atoms with E-state index in [-0.39, 0.29) is 11.6 Å². The summed E-state index contributed by atoms with van der Waals surface area (Å²) in [5.41, 5.74) is 1.84. The van der Waals surface area contributed by atoms with Gasteiger partial charge in [0.15, 0.2) is 5.82 Å². The predicted octanol–water partition coefficient (Wildman–Crippen LogP) is 4.86. The first-order valence-electron chi connectivity index (χ1n) is 10.1. The molecule has 4 aromatic rings. The predicted molar refractivity (Wildman–Crippen MR) is 118 cm³/mol. The van der Waals surface area contributed by atoms with Crippen LogP contribution in [-0.4, -0.2) is 30.1 Å². The fraction of sp³-hybridized carbons (Fsp3) is 0.304. The summed E-state index contributed by atoms with van der Waals surface area (Å²) in [5.74, 6) is 1.61. The molecular weight excluding hydrogens is 412 g/mol. The number of pyridine rings is 1. The molecule has 0 unspecified atom stereocenters. The first-order valence-corrected chi connectivity index (χ1v) is 10.5. The van der Waals surface area contributed by atoms with Crippen molar-refractivity contribution in [2.45, 2.75) is 45.4 Å². The van der Waals surface area contributed by atoms with Crippen LogP contribution < -0.4 is 0 Å². The van der Waals surface area contributed by atoms with E-state index in [4.69, 9.17) is 16.0 Å². The quantitative estimate of drug-likeness (QED) is 0.412. The Morgan fingerprint density at radius 3 is 2.52 bits per heavy atom. The highest BCUT2D eigenvalue weighted by Gasteiger charge is 2.32. The van der Waals surface area contributed by atoms with E-state index in [1.54, 1.807) is 12.5 Å². The van der Waals surface area contributed by atoms with Crippen molar-refractivity contribution in [3.63, 3.8) is 0 Å². The molecule has 0 aliphatic carbocycles. The lowest BCUT2D eigenvalue weighted by atomic mass is 10.0. The monoisotopic (exact) mass is 436 g/mol. The number of rotatable bonds is 7. The minimum absolute atomic E-state index is 0.225. The standard InChI is InChI=1S/C23H25ClN6O/c1-23(2,3)30-22(26-27-28-30)21(18-8-10-19(24)11-9-18)29(16-20-7-5-13-31-20)15-17-6-4-12-25-14-17/h4-14,21H,15-16H2,1-3H3/t21-/m1/s1. The molecule has 4 rings (SSSR count). The van der Waals surface area contributed by atoms with Gasteiger partial charge in [-0.25, -0.2) is 4.68 Å². The van der Waals surface area contributed by atoms with Gasteiger partial charge >= 0.3 is 0 Å². The zero-order chi connectivity index (χ0) is 21.8. The van der Waals surface area contributed by atoms with Crippen LogP contribution in [0.15, 0.2) is 71.6 Å². The minimum Gasteiger partial charge on any atom is -0.468 e. The fourth-order valence-corrected chi connectivity index (χ4v) is 3.70. The SMILES string of the molecule is CC(C)(C)n1nnnc1[C@@H](c1ccc(Cl)cc1)N(Cc1cccnc1)Cc1ccco1. The van der Waals surface area contributed by atoms with Crippen molar-refractivity contribution in [1.82, 2.24) is 30.1 Å². The van der Waals surface area contributed by atoms with Gasteiger partial charge in [0.25, 0.3) is 0 Å². The smallest absolute Gasteiger partial charge is 0.173 e. The van der Waals surface area contributed by atoms with E-state index in [1.807, 2.05) is 53.3 Å². The van der Waals surface area contributed by atoms with Gasteiger partial charge in [0.2, 0.25) is 0 Å². The summed E-state index contributed by atoms with van der Waals surface area (Å²) in [6.07, 6.45) is 5.34. The third-order valence-electron chi connectivity index (χ3n) is 4.97. The van der Waals surface area contributed by atoms with Crippen LogP contribution in [0.4, 0.5) is 0 Å². The Kier molecular flexibility index (Phi) is 6.15. The van der Waals surface area contributed by atoms with Crippen LogP contribution in [0.5, 0.6) is 0 Å². The van der Waals surface area contributed by atoms with E-state index in [0.29, 0.717) is 18.1 Å². The number of tetrazole rings is 1. The Bertz CT molecular complexity index is 1090. The molecule has 0 aliphatic rings. The maximum absolute atomic E-state index is 6.19. The number of halogens is 1. The van der Waals surface area contributed by atoms with Gasteiger partial charge in [0.1, 0.15) is 5.76 Å². The lowest BCUT2D eigenvalue weighted by molar-refractivity contribution is 0.172. The molecule has 31 heavy (non-hydrogen) atoms. The van der Waals surface area contributed by atoms with E-state index in [9.17, 15) is 0 Å². The summed E-state index contributed by atoms with van der Waals surface area (Å²) in [4.78, 5) is 6.57. The topological polar surface area (TPSA) is 72.9 Å². The second-order valence-corrected chi connectivity index (χ2v) is 8.86. The third kappa shape index (κ3) is 5.00. The lowest BCUT2D eigenvalue weighted by Gasteiger charge is -2.32. The Morgan fingerprint density at radius 1 is 1.06 bits per heavy atom. The van der Waals surface area contributed by atoms with Gasteiger partial charge in [0.05, 0.1) is 24.4 Å². The summed E-state index contributed by atoms with van der Waals surface area (Å²) in [5, 5.41) is 13.5. The molecule has 0 radical (unpaired) electrons. The molecule has 7 nitrogen and oxygen atoms in total. The summed E-state index contributed by atoms with van der Waals surface area (Å²) >= 11 is 6.19. The fourth-order valence-electron chi connectivity index (χ4n) is 3.58. The van der Waals surface area contributed by atoms with Crippen LogP contribution >= 0.6 is 11.6 Å². The molecule has 8 heteroatoms. The summed E-state index contributed by atoms with van der Waals surface area (Å²) in [7, 11) is 0. The minimum atomic E-state index is -0.284. The van der Waals surface area contributed by atoms with E-state index < -0.39 is 0 Å². The van der Waals surface area contributed by atoms with Gasteiger partial charge in [-0.1, -0.05) is 29.8 Å². The highest BCUT2D eigenvalue weighted by atomic mass is 35.5. The largest absolute Gasteiger partial charge is 0.468 e. The normalized spacial score (nSPS) is 12.9. The summed E-state index contributed by atoms with van der Waals surface area (Å²) in [6.45, 7) is 7.47. The molecular formula is C23H25ClN6O. The molecule has 3 heterocycles. The Hall–Kier alpha value is -3.03. The number of nitrogens with zero attached hydrogens (tertiary/aromatic N) is 6. The van der Waals surface area contributed by atoms with Crippen LogP contribution in [0.2, 0.25) is 5.02 Å². The number of hydrogen-bond donors (Lipinski definition) is 0. The molecule has 0 aliphatic heterocycles. The van der Waals surface area contributed by atoms with Gasteiger partial charge in [0, 0.05) is 24.0 Å². The molecule has 160 valence electrons. The van der Waals surface area contributed by atoms with E-state index >= 15 is 0 Å². The first kappa shape index (κ1) is 21.2. The van der Waals surface area contributed by atoms with Gasteiger partial charge in [-0.05, 0) is 72.7 Å². The maximum Gasteiger partial charge on any atom is 0.173 e. The highest BCUT2D eigenvalue weighted by Crippen LogP contribution is 2.33. The Balaban J connectivity index is 1.83. The second-order valence-electron chi connectivity index (χ2n) is 8.42. The second kappa shape index (κ2) is 8.99. The zero-order valence-corrected chi connectivity index (χ0v) is 18.6. The Morgan fingerprint density at radius 2 is 1.87 bits per heavy atom. The summed E-state index contributed by atoms with van der Waals surface area (Å²) in [6, 6.07) is 15.5. The third-order valence-corrected chi connectivity index (χ3v) is 5.22. The van der Waals surface area contributed by atoms with Crippen LogP contribution in [0.25, 0.3) is 0 Å².